The van der Waals surface area contributed by atoms with Gasteiger partial charge in [0.05, 0.1) is 32.9 Å². The maximum atomic E-state index is 13.2. The van der Waals surface area contributed by atoms with Crippen LogP contribution in [0.1, 0.15) is 18.9 Å². The number of piperazine rings is 1. The van der Waals surface area contributed by atoms with Crippen LogP contribution >= 0.6 is 23.2 Å². The van der Waals surface area contributed by atoms with Crippen LogP contribution in [0.5, 0.6) is 0 Å². The highest BCUT2D eigenvalue weighted by molar-refractivity contribution is 7.93. The minimum Gasteiger partial charge on any atom is -0.466 e. The van der Waals surface area contributed by atoms with E-state index in [4.69, 9.17) is 27.9 Å². The predicted molar refractivity (Wildman–Crippen MR) is 159 cm³/mol. The fraction of sp³-hybridized carbons (Fsp3) is 0.321. The van der Waals surface area contributed by atoms with Gasteiger partial charge in [0.15, 0.2) is 0 Å². The highest BCUT2D eigenvalue weighted by Gasteiger charge is 2.25. The number of halogens is 2. The number of benzene rings is 3. The summed E-state index contributed by atoms with van der Waals surface area (Å²) in [6, 6.07) is 16.5. The maximum absolute atomic E-state index is 13.2. The van der Waals surface area contributed by atoms with Crippen LogP contribution in [0.15, 0.2) is 81.4 Å². The first kappa shape index (κ1) is 31.3. The summed E-state index contributed by atoms with van der Waals surface area (Å²) < 4.78 is 60.0. The van der Waals surface area contributed by atoms with Crippen molar-refractivity contribution >= 4 is 54.7 Å². The Morgan fingerprint density at radius 3 is 2.24 bits per heavy atom. The van der Waals surface area contributed by atoms with E-state index < -0.39 is 19.9 Å². The largest absolute Gasteiger partial charge is 0.466 e. The number of esters is 1. The zero-order chi connectivity index (χ0) is 29.6. The molecule has 0 spiro atoms. The highest BCUT2D eigenvalue weighted by atomic mass is 35.5. The van der Waals surface area contributed by atoms with Crippen molar-refractivity contribution in [1.82, 2.24) is 9.80 Å². The number of ether oxygens (including phenoxy) is 1. The number of hydrogen-bond donors (Lipinski definition) is 1. The molecule has 3 aromatic rings. The van der Waals surface area contributed by atoms with Gasteiger partial charge >= 0.3 is 5.97 Å². The van der Waals surface area contributed by atoms with E-state index in [1.165, 1.54) is 24.3 Å². The molecule has 0 radical (unpaired) electrons. The van der Waals surface area contributed by atoms with Crippen LogP contribution in [0.2, 0.25) is 10.0 Å². The lowest BCUT2D eigenvalue weighted by molar-refractivity contribution is -0.143. The molecule has 4 rings (SSSR count). The molecule has 0 bridgehead atoms. The van der Waals surface area contributed by atoms with Gasteiger partial charge in [-0.05, 0) is 55.0 Å². The SMILES string of the molecule is CCOC(=O)CCN1CCN(Cc2cccc(NS(=O)(=O)c3ccc(S(=O)(=O)c4ccccc4Cl)cc3Cl)c2)CC1. The summed E-state index contributed by atoms with van der Waals surface area (Å²) in [4.78, 5) is 15.6. The van der Waals surface area contributed by atoms with Crippen LogP contribution in [-0.4, -0.2) is 71.9 Å². The number of carbonyl (C=O) groups excluding carboxylic acids is 1. The normalized spacial score (nSPS) is 15.0. The molecule has 9 nitrogen and oxygen atoms in total. The van der Waals surface area contributed by atoms with Crippen molar-refractivity contribution in [2.75, 3.05) is 44.1 Å². The molecule has 1 heterocycles. The Balaban J connectivity index is 1.40. The number of anilines is 1. The molecule has 1 fully saturated rings. The summed E-state index contributed by atoms with van der Waals surface area (Å²) in [6.45, 7) is 6.77. The second-order valence-corrected chi connectivity index (χ2v) is 13.9. The number of nitrogens with zero attached hydrogens (tertiary/aromatic N) is 2. The van der Waals surface area contributed by atoms with Gasteiger partial charge in [0, 0.05) is 45.0 Å². The van der Waals surface area contributed by atoms with Crippen LogP contribution in [0.4, 0.5) is 5.69 Å². The minimum absolute atomic E-state index is 0.0535. The lowest BCUT2D eigenvalue weighted by atomic mass is 10.1. The predicted octanol–water partition coefficient (Wildman–Crippen LogP) is 4.70. The third-order valence-electron chi connectivity index (χ3n) is 6.62. The molecule has 0 saturated carbocycles. The lowest BCUT2D eigenvalue weighted by Gasteiger charge is -2.34. The highest BCUT2D eigenvalue weighted by Crippen LogP contribution is 2.32. The molecule has 0 unspecified atom stereocenters. The fourth-order valence-corrected chi connectivity index (χ4v) is 7.97. The first-order chi connectivity index (χ1) is 19.5. The summed E-state index contributed by atoms with van der Waals surface area (Å²) in [6.07, 6.45) is 0.375. The summed E-state index contributed by atoms with van der Waals surface area (Å²) in [7, 11) is -8.12. The van der Waals surface area contributed by atoms with E-state index in [2.05, 4.69) is 14.5 Å². The molecule has 220 valence electrons. The Bertz CT molecular complexity index is 1610. The van der Waals surface area contributed by atoms with Gasteiger partial charge in [-0.2, -0.15) is 0 Å². The lowest BCUT2D eigenvalue weighted by Crippen LogP contribution is -2.46. The average molecular weight is 641 g/mol. The van der Waals surface area contributed by atoms with Gasteiger partial charge in [0.25, 0.3) is 10.0 Å². The van der Waals surface area contributed by atoms with Crippen molar-refractivity contribution in [2.24, 2.45) is 0 Å². The van der Waals surface area contributed by atoms with Gasteiger partial charge in [-0.1, -0.05) is 47.5 Å². The standard InChI is InChI=1S/C28H31Cl2N3O6S2/c1-2-39-28(34)12-13-32-14-16-33(17-15-32)20-21-6-5-7-22(18-21)31-41(37,38)27-11-10-23(19-25(27)30)40(35,36)26-9-4-3-8-24(26)29/h3-11,18-19,31H,2,12-17,20H2,1H3. The van der Waals surface area contributed by atoms with Gasteiger partial charge in [-0.3, -0.25) is 14.4 Å². The molecule has 3 aromatic carbocycles. The number of carbonyl (C=O) groups is 1. The van der Waals surface area contributed by atoms with Crippen molar-refractivity contribution < 1.29 is 26.4 Å². The number of hydrogen-bond acceptors (Lipinski definition) is 8. The van der Waals surface area contributed by atoms with E-state index in [1.54, 1.807) is 37.3 Å². The zero-order valence-electron chi connectivity index (χ0n) is 22.4. The smallest absolute Gasteiger partial charge is 0.307 e. The summed E-state index contributed by atoms with van der Waals surface area (Å²) in [5.41, 5.74) is 1.29. The molecular formula is C28H31Cl2N3O6S2. The van der Waals surface area contributed by atoms with Gasteiger partial charge in [-0.15, -0.1) is 0 Å². The Labute approximate surface area is 251 Å². The Hall–Kier alpha value is -2.67. The Morgan fingerprint density at radius 1 is 0.854 bits per heavy atom. The van der Waals surface area contributed by atoms with Crippen molar-refractivity contribution in [3.05, 3.63) is 82.3 Å². The number of sulfonamides is 1. The van der Waals surface area contributed by atoms with Crippen LogP contribution < -0.4 is 4.72 Å². The molecule has 1 N–H and O–H groups in total. The zero-order valence-corrected chi connectivity index (χ0v) is 25.6. The molecule has 1 aliphatic heterocycles. The molecular weight excluding hydrogens is 609 g/mol. The van der Waals surface area contributed by atoms with Crippen LogP contribution in [-0.2, 0) is 35.9 Å². The van der Waals surface area contributed by atoms with E-state index in [-0.39, 0.29) is 30.7 Å². The summed E-state index contributed by atoms with van der Waals surface area (Å²) in [5.74, 6) is -0.187. The Kier molecular flexibility index (Phi) is 10.3. The minimum atomic E-state index is -4.11. The van der Waals surface area contributed by atoms with E-state index in [1.807, 2.05) is 6.07 Å². The third-order valence-corrected chi connectivity index (χ3v) is 10.7. The monoisotopic (exact) mass is 639 g/mol. The third kappa shape index (κ3) is 8.00. The van der Waals surface area contributed by atoms with Crippen molar-refractivity contribution in [3.8, 4) is 0 Å². The van der Waals surface area contributed by atoms with E-state index in [0.29, 0.717) is 31.8 Å². The quantitative estimate of drug-likeness (QED) is 0.301. The van der Waals surface area contributed by atoms with Crippen molar-refractivity contribution in [3.63, 3.8) is 0 Å². The van der Waals surface area contributed by atoms with Crippen LogP contribution in [0, 0.1) is 0 Å². The van der Waals surface area contributed by atoms with E-state index in [9.17, 15) is 21.6 Å². The molecule has 1 saturated heterocycles. The first-order valence-electron chi connectivity index (χ1n) is 13.0. The Morgan fingerprint density at radius 2 is 1.56 bits per heavy atom. The topological polar surface area (TPSA) is 113 Å². The van der Waals surface area contributed by atoms with Crippen LogP contribution in [0.25, 0.3) is 0 Å². The van der Waals surface area contributed by atoms with Crippen molar-refractivity contribution in [1.29, 1.82) is 0 Å². The molecule has 13 heteroatoms. The molecule has 0 atom stereocenters. The van der Waals surface area contributed by atoms with E-state index in [0.717, 1.165) is 37.8 Å². The molecule has 0 aliphatic carbocycles. The second-order valence-electron chi connectivity index (χ2n) is 9.50. The maximum Gasteiger partial charge on any atom is 0.307 e. The molecule has 41 heavy (non-hydrogen) atoms. The molecule has 0 aromatic heterocycles. The van der Waals surface area contributed by atoms with E-state index >= 15 is 0 Å². The first-order valence-corrected chi connectivity index (χ1v) is 16.7. The summed E-state index contributed by atoms with van der Waals surface area (Å²) in [5, 5.41) is -0.180. The second kappa shape index (κ2) is 13.5. The molecule has 1 aliphatic rings. The average Bonchev–Trinajstić information content (AvgIpc) is 2.93. The number of rotatable bonds is 11. The number of sulfone groups is 1. The number of nitrogens with one attached hydrogen (secondary N) is 1. The van der Waals surface area contributed by atoms with Gasteiger partial charge in [-0.25, -0.2) is 16.8 Å². The van der Waals surface area contributed by atoms with Gasteiger partial charge in [0.2, 0.25) is 9.84 Å². The van der Waals surface area contributed by atoms with Gasteiger partial charge in [0.1, 0.15) is 4.90 Å². The van der Waals surface area contributed by atoms with Gasteiger partial charge < -0.3 is 9.64 Å². The fourth-order valence-electron chi connectivity index (χ4n) is 4.51. The summed E-state index contributed by atoms with van der Waals surface area (Å²) >= 11 is 12.4. The van der Waals surface area contributed by atoms with Crippen molar-refractivity contribution in [2.45, 2.75) is 34.6 Å². The molecule has 0 amide bonds. The van der Waals surface area contributed by atoms with Crippen LogP contribution in [0.3, 0.4) is 0 Å².